The van der Waals surface area contributed by atoms with Crippen LogP contribution in [0, 0.1) is 13.8 Å². The Morgan fingerprint density at radius 2 is 2.04 bits per heavy atom. The predicted molar refractivity (Wildman–Crippen MR) is 118 cm³/mol. The largest absolute Gasteiger partial charge is 0.379 e. The summed E-state index contributed by atoms with van der Waals surface area (Å²) in [4.78, 5) is 20.3. The molecule has 2 aromatic rings. The highest BCUT2D eigenvalue weighted by Gasteiger charge is 2.16. The molecule has 0 unspecified atom stereocenters. The molecule has 1 aromatic carbocycles. The molecule has 1 saturated heterocycles. The first-order valence-electron chi connectivity index (χ1n) is 9.94. The van der Waals surface area contributed by atoms with Crippen LogP contribution in [0.4, 0.5) is 0 Å². The van der Waals surface area contributed by atoms with Gasteiger partial charge in [-0.2, -0.15) is 0 Å². The zero-order valence-electron chi connectivity index (χ0n) is 17.0. The molecular weight excluding hydrogens is 372 g/mol. The van der Waals surface area contributed by atoms with E-state index in [1.54, 1.807) is 0 Å². The van der Waals surface area contributed by atoms with Gasteiger partial charge in [-0.05, 0) is 56.1 Å². The number of rotatable bonds is 6. The SMILES string of the molecule is CCNC(=S)N(CCN1CCOCC1)Cc1cc2cc(C)cc(C)c2[nH]c1=O. The van der Waals surface area contributed by atoms with E-state index in [1.807, 2.05) is 19.9 Å². The maximum absolute atomic E-state index is 12.7. The third-order valence-corrected chi connectivity index (χ3v) is 5.54. The molecule has 2 N–H and O–H groups in total. The number of hydrogen-bond acceptors (Lipinski definition) is 4. The van der Waals surface area contributed by atoms with E-state index >= 15 is 0 Å². The van der Waals surface area contributed by atoms with Crippen LogP contribution in [0.3, 0.4) is 0 Å². The Hall–Kier alpha value is -1.96. The third-order valence-electron chi connectivity index (χ3n) is 5.14. The summed E-state index contributed by atoms with van der Waals surface area (Å²) in [6.45, 7) is 12.5. The highest BCUT2D eigenvalue weighted by atomic mass is 32.1. The number of nitrogens with one attached hydrogen (secondary N) is 2. The van der Waals surface area contributed by atoms with Crippen LogP contribution in [0.15, 0.2) is 23.0 Å². The number of hydrogen-bond donors (Lipinski definition) is 2. The molecule has 1 aromatic heterocycles. The molecule has 7 heteroatoms. The molecule has 1 fully saturated rings. The van der Waals surface area contributed by atoms with E-state index in [0.29, 0.717) is 11.7 Å². The maximum Gasteiger partial charge on any atom is 0.253 e. The molecule has 0 atom stereocenters. The van der Waals surface area contributed by atoms with Crippen molar-refractivity contribution in [1.29, 1.82) is 0 Å². The molecule has 0 radical (unpaired) electrons. The number of pyridine rings is 1. The molecule has 3 rings (SSSR count). The highest BCUT2D eigenvalue weighted by Crippen LogP contribution is 2.18. The lowest BCUT2D eigenvalue weighted by Gasteiger charge is -2.31. The quantitative estimate of drug-likeness (QED) is 0.723. The predicted octanol–water partition coefficient (Wildman–Crippen LogP) is 2.17. The number of morpholine rings is 1. The van der Waals surface area contributed by atoms with Gasteiger partial charge >= 0.3 is 0 Å². The fourth-order valence-electron chi connectivity index (χ4n) is 3.66. The van der Waals surface area contributed by atoms with Crippen LogP contribution < -0.4 is 10.9 Å². The summed E-state index contributed by atoms with van der Waals surface area (Å²) in [5.41, 5.74) is 3.88. The van der Waals surface area contributed by atoms with Gasteiger partial charge in [0.05, 0.1) is 25.3 Å². The number of aromatic amines is 1. The van der Waals surface area contributed by atoms with Gasteiger partial charge in [0.1, 0.15) is 0 Å². The fraction of sp³-hybridized carbons (Fsp3) is 0.524. The minimum atomic E-state index is -0.0462. The molecule has 0 bridgehead atoms. The lowest BCUT2D eigenvalue weighted by Crippen LogP contribution is -2.46. The van der Waals surface area contributed by atoms with Crippen molar-refractivity contribution in [1.82, 2.24) is 20.1 Å². The molecule has 6 nitrogen and oxygen atoms in total. The zero-order chi connectivity index (χ0) is 20.1. The molecule has 0 amide bonds. The number of nitrogens with zero attached hydrogens (tertiary/aromatic N) is 2. The Bertz CT molecular complexity index is 890. The van der Waals surface area contributed by atoms with E-state index in [1.165, 1.54) is 5.56 Å². The van der Waals surface area contributed by atoms with Gasteiger partial charge in [0.25, 0.3) is 5.56 Å². The van der Waals surface area contributed by atoms with Crippen molar-refractivity contribution in [2.75, 3.05) is 45.9 Å². The van der Waals surface area contributed by atoms with Crippen LogP contribution in [-0.4, -0.2) is 65.8 Å². The first-order chi connectivity index (χ1) is 13.5. The number of benzene rings is 1. The van der Waals surface area contributed by atoms with Gasteiger partial charge in [-0.25, -0.2) is 0 Å². The summed E-state index contributed by atoms with van der Waals surface area (Å²) in [5.74, 6) is 0. The normalized spacial score (nSPS) is 15.0. The van der Waals surface area contributed by atoms with Crippen LogP contribution in [0.25, 0.3) is 10.9 Å². The number of fused-ring (bicyclic) bond motifs is 1. The molecule has 28 heavy (non-hydrogen) atoms. The molecule has 0 saturated carbocycles. The van der Waals surface area contributed by atoms with Gasteiger partial charge in [0, 0.05) is 38.3 Å². The number of H-pyrrole nitrogens is 1. The summed E-state index contributed by atoms with van der Waals surface area (Å²) >= 11 is 5.58. The van der Waals surface area contributed by atoms with Crippen molar-refractivity contribution in [2.45, 2.75) is 27.3 Å². The minimum absolute atomic E-state index is 0.0462. The lowest BCUT2D eigenvalue weighted by molar-refractivity contribution is 0.0357. The Labute approximate surface area is 171 Å². The van der Waals surface area contributed by atoms with Crippen LogP contribution >= 0.6 is 12.2 Å². The number of aromatic nitrogens is 1. The maximum atomic E-state index is 12.7. The zero-order valence-corrected chi connectivity index (χ0v) is 17.8. The van der Waals surface area contributed by atoms with Crippen LogP contribution in [0.1, 0.15) is 23.6 Å². The van der Waals surface area contributed by atoms with E-state index in [0.717, 1.165) is 68.0 Å². The van der Waals surface area contributed by atoms with Gasteiger partial charge in [-0.1, -0.05) is 11.6 Å². The second-order valence-electron chi connectivity index (χ2n) is 7.38. The number of thiocarbonyl (C=S) groups is 1. The van der Waals surface area contributed by atoms with Crippen molar-refractivity contribution in [3.8, 4) is 0 Å². The smallest absolute Gasteiger partial charge is 0.253 e. The minimum Gasteiger partial charge on any atom is -0.379 e. The molecule has 1 aliphatic rings. The van der Waals surface area contributed by atoms with Gasteiger partial charge < -0.3 is 19.9 Å². The number of ether oxygens (including phenoxy) is 1. The average Bonchev–Trinajstić information content (AvgIpc) is 2.67. The molecule has 152 valence electrons. The van der Waals surface area contributed by atoms with Crippen molar-refractivity contribution < 1.29 is 4.74 Å². The van der Waals surface area contributed by atoms with Crippen molar-refractivity contribution >= 4 is 28.2 Å². The van der Waals surface area contributed by atoms with E-state index in [2.05, 4.69) is 39.2 Å². The molecular formula is C21H30N4O2S. The Morgan fingerprint density at radius 1 is 1.29 bits per heavy atom. The lowest BCUT2D eigenvalue weighted by atomic mass is 10.1. The van der Waals surface area contributed by atoms with E-state index in [9.17, 15) is 4.79 Å². The van der Waals surface area contributed by atoms with Crippen LogP contribution in [-0.2, 0) is 11.3 Å². The Balaban J connectivity index is 1.81. The standard InChI is InChI=1S/C21H30N4O2S/c1-4-22-21(28)25(6-5-24-7-9-27-10-8-24)14-18-13-17-12-15(2)11-16(3)19(17)23-20(18)26/h11-13H,4-10,14H2,1-3H3,(H,22,28)(H,23,26). The van der Waals surface area contributed by atoms with Crippen molar-refractivity contribution in [3.05, 3.63) is 45.2 Å². The van der Waals surface area contributed by atoms with Gasteiger partial charge in [0.15, 0.2) is 5.11 Å². The van der Waals surface area contributed by atoms with Crippen LogP contribution in [0.5, 0.6) is 0 Å². The summed E-state index contributed by atoms with van der Waals surface area (Å²) in [6, 6.07) is 6.21. The van der Waals surface area contributed by atoms with Gasteiger partial charge in [-0.3, -0.25) is 9.69 Å². The van der Waals surface area contributed by atoms with E-state index in [4.69, 9.17) is 17.0 Å². The summed E-state index contributed by atoms with van der Waals surface area (Å²) in [5, 5.41) is 4.99. The average molecular weight is 403 g/mol. The monoisotopic (exact) mass is 402 g/mol. The topological polar surface area (TPSA) is 60.6 Å². The van der Waals surface area contributed by atoms with Crippen molar-refractivity contribution in [2.24, 2.45) is 0 Å². The van der Waals surface area contributed by atoms with Gasteiger partial charge in [-0.15, -0.1) is 0 Å². The van der Waals surface area contributed by atoms with Crippen LogP contribution in [0.2, 0.25) is 0 Å². The van der Waals surface area contributed by atoms with E-state index < -0.39 is 0 Å². The Morgan fingerprint density at radius 3 is 2.75 bits per heavy atom. The molecule has 1 aliphatic heterocycles. The van der Waals surface area contributed by atoms with E-state index in [-0.39, 0.29) is 5.56 Å². The second kappa shape index (κ2) is 9.49. The summed E-state index contributed by atoms with van der Waals surface area (Å²) < 4.78 is 5.43. The summed E-state index contributed by atoms with van der Waals surface area (Å²) in [7, 11) is 0. The fourth-order valence-corrected chi connectivity index (χ4v) is 3.96. The highest BCUT2D eigenvalue weighted by molar-refractivity contribution is 7.80. The second-order valence-corrected chi connectivity index (χ2v) is 7.77. The first kappa shape index (κ1) is 20.8. The molecule has 0 spiro atoms. The summed E-state index contributed by atoms with van der Waals surface area (Å²) in [6.07, 6.45) is 0. The molecule has 2 heterocycles. The Kier molecular flexibility index (Phi) is 7.04. The van der Waals surface area contributed by atoms with Crippen molar-refractivity contribution in [3.63, 3.8) is 0 Å². The van der Waals surface area contributed by atoms with Gasteiger partial charge in [0.2, 0.25) is 0 Å². The molecule has 0 aliphatic carbocycles. The third kappa shape index (κ3) is 5.10. The first-order valence-corrected chi connectivity index (χ1v) is 10.3. The number of aryl methyl sites for hydroxylation is 2.